The maximum Gasteiger partial charge on any atom is 0.340 e. The molecule has 1 aromatic carbocycles. The highest BCUT2D eigenvalue weighted by molar-refractivity contribution is 5.90. The number of carbonyl (C=O) groups excluding carboxylic acids is 2. The molecule has 0 aliphatic heterocycles. The lowest BCUT2D eigenvalue weighted by atomic mass is 10.0. The number of nitrogens with one attached hydrogen (secondary N) is 2. The fourth-order valence-corrected chi connectivity index (χ4v) is 8.01. The highest BCUT2D eigenvalue weighted by atomic mass is 16.6. The lowest BCUT2D eigenvalue weighted by Gasteiger charge is -2.18. The third kappa shape index (κ3) is 58.8. The van der Waals surface area contributed by atoms with Gasteiger partial charge in [0.15, 0.2) is 0 Å². The molecule has 0 radical (unpaired) electrons. The minimum absolute atomic E-state index is 0.110. The van der Waals surface area contributed by atoms with Crippen LogP contribution in [-0.4, -0.2) is 353 Å². The van der Waals surface area contributed by atoms with E-state index < -0.39 is 29.5 Å². The third-order valence-electron chi connectivity index (χ3n) is 13.1. The van der Waals surface area contributed by atoms with E-state index in [0.717, 1.165) is 0 Å². The van der Waals surface area contributed by atoms with Crippen LogP contribution < -0.4 is 22.0 Å². The van der Waals surface area contributed by atoms with Crippen LogP contribution in [-0.2, 0) is 134 Å². The van der Waals surface area contributed by atoms with E-state index in [1.165, 1.54) is 6.07 Å². The average Bonchev–Trinajstić information content (AvgIpc) is 0.832. The van der Waals surface area contributed by atoms with Gasteiger partial charge in [0.2, 0.25) is 11.8 Å². The first kappa shape index (κ1) is 90.8. The van der Waals surface area contributed by atoms with E-state index in [1.807, 2.05) is 0 Å². The summed E-state index contributed by atoms with van der Waals surface area (Å²) >= 11 is 0. The van der Waals surface area contributed by atoms with Crippen LogP contribution in [0.3, 0.4) is 0 Å². The predicted molar refractivity (Wildman–Crippen MR) is 358 cm³/mol. The van der Waals surface area contributed by atoms with Crippen molar-refractivity contribution in [2.75, 3.05) is 330 Å². The van der Waals surface area contributed by atoms with Gasteiger partial charge in [0, 0.05) is 37.2 Å². The largest absolute Gasteiger partial charge is 0.481 e. The molecule has 0 aliphatic carbocycles. The number of nitrogens with two attached hydrogens (primary N) is 1. The molecule has 0 bridgehead atoms. The Morgan fingerprint density at radius 1 is 0.404 bits per heavy atom. The van der Waals surface area contributed by atoms with Gasteiger partial charge in [-0.05, 0) is 31.0 Å². The number of aryl methyl sites for hydroxylation is 1. The molecule has 2 rings (SSSR count). The zero-order valence-corrected chi connectivity index (χ0v) is 58.7. The van der Waals surface area contributed by atoms with Crippen LogP contribution >= 0.6 is 0 Å². The molecule has 33 nitrogen and oxygen atoms in total. The molecule has 2 amide bonds. The molecule has 2 aromatic rings. The zero-order valence-electron chi connectivity index (χ0n) is 58.7. The Bertz CT molecular complexity index is 2210. The minimum Gasteiger partial charge on any atom is -0.481 e. The number of ether oxygens (including phenoxy) is 24. The number of amides is 2. The van der Waals surface area contributed by atoms with E-state index >= 15 is 0 Å². The van der Waals surface area contributed by atoms with E-state index in [0.29, 0.717) is 320 Å². The highest BCUT2D eigenvalue weighted by Gasteiger charge is 2.24. The van der Waals surface area contributed by atoms with E-state index in [9.17, 15) is 24.3 Å². The van der Waals surface area contributed by atoms with Crippen molar-refractivity contribution in [3.63, 3.8) is 0 Å². The molecule has 0 aliphatic rings. The summed E-state index contributed by atoms with van der Waals surface area (Å²) in [5.74, 6) is -2.35. The van der Waals surface area contributed by atoms with Gasteiger partial charge in [0.05, 0.1) is 323 Å². The first-order valence-electron chi connectivity index (χ1n) is 34.1. The topological polar surface area (TPSA) is 373 Å². The van der Waals surface area contributed by atoms with E-state index in [2.05, 4.69) is 10.6 Å². The maximum absolute atomic E-state index is 12.9. The first-order chi connectivity index (χ1) is 48.7. The van der Waals surface area contributed by atoms with Gasteiger partial charge in [-0.3, -0.25) is 14.4 Å². The number of carbonyl (C=O) groups is 3. The van der Waals surface area contributed by atoms with Crippen LogP contribution in [0.1, 0.15) is 24.0 Å². The second-order valence-electron chi connectivity index (χ2n) is 20.8. The van der Waals surface area contributed by atoms with Crippen molar-refractivity contribution in [1.29, 1.82) is 0 Å². The van der Waals surface area contributed by atoms with Crippen molar-refractivity contribution in [2.24, 2.45) is 0 Å². The van der Waals surface area contributed by atoms with Crippen molar-refractivity contribution >= 4 is 34.4 Å². The van der Waals surface area contributed by atoms with E-state index in [-0.39, 0.29) is 44.6 Å². The van der Waals surface area contributed by atoms with Crippen molar-refractivity contribution in [3.05, 3.63) is 39.7 Å². The van der Waals surface area contributed by atoms with Crippen molar-refractivity contribution in [2.45, 2.75) is 32.2 Å². The van der Waals surface area contributed by atoms with Gasteiger partial charge < -0.3 is 140 Å². The number of methoxy groups -OCH3 is 1. The second-order valence-corrected chi connectivity index (χ2v) is 20.8. The Labute approximate surface area is 582 Å². The first-order valence-corrected chi connectivity index (χ1v) is 34.1. The number of hydrogen-bond donors (Lipinski definition) is 4. The molecule has 1 heterocycles. The fraction of sp³-hybridized carbons (Fsp3) is 0.818. The molecule has 576 valence electrons. The Kier molecular flexibility index (Phi) is 64.8. The Morgan fingerprint density at radius 3 is 0.909 bits per heavy atom. The number of carboxylic acids is 1. The molecule has 1 atom stereocenters. The van der Waals surface area contributed by atoms with Crippen LogP contribution in [0.4, 0.5) is 5.69 Å². The molecule has 0 fully saturated rings. The molecular formula is C66H117N3O30. The van der Waals surface area contributed by atoms with Crippen molar-refractivity contribution in [3.8, 4) is 0 Å². The van der Waals surface area contributed by atoms with Gasteiger partial charge in [-0.15, -0.1) is 0 Å². The summed E-state index contributed by atoms with van der Waals surface area (Å²) < 4.78 is 137. The standard InChI is InChI=1S/C66H117N3O30/c1-57-59-4-3-58(67)55-62(59)99-66(74)60(57)56-63(70)69-61(5-6-64(71)72)65(73)68-7-8-76-11-12-78-15-16-80-19-20-82-23-24-84-27-28-86-31-32-88-35-36-90-39-40-92-43-44-94-47-48-96-51-52-98-54-53-97-50-49-95-46-45-93-42-41-91-38-37-89-34-33-87-30-29-85-26-25-83-22-21-81-18-17-79-14-13-77-10-9-75-2/h3-4,55,61H,5-54,56,67H2,1-2H3,(H,68,73)(H,69,70)(H,71,72). The summed E-state index contributed by atoms with van der Waals surface area (Å²) in [4.78, 5) is 49.7. The van der Waals surface area contributed by atoms with Crippen LogP contribution in [0.5, 0.6) is 0 Å². The summed E-state index contributed by atoms with van der Waals surface area (Å²) in [6, 6.07) is 3.72. The summed E-state index contributed by atoms with van der Waals surface area (Å²) in [5.41, 5.74) is 6.46. The molecule has 1 unspecified atom stereocenters. The Hall–Kier alpha value is -4.32. The van der Waals surface area contributed by atoms with Crippen molar-refractivity contribution < 1.29 is 138 Å². The highest BCUT2D eigenvalue weighted by Crippen LogP contribution is 2.22. The van der Waals surface area contributed by atoms with Gasteiger partial charge in [-0.1, -0.05) is 0 Å². The van der Waals surface area contributed by atoms with Gasteiger partial charge in [-0.2, -0.15) is 0 Å². The monoisotopic (exact) mass is 1430 g/mol. The number of hydrogen-bond acceptors (Lipinski definition) is 30. The van der Waals surface area contributed by atoms with Gasteiger partial charge in [0.1, 0.15) is 11.6 Å². The van der Waals surface area contributed by atoms with Crippen LogP contribution in [0.25, 0.3) is 11.0 Å². The zero-order chi connectivity index (χ0) is 71.0. The van der Waals surface area contributed by atoms with Crippen LogP contribution in [0.15, 0.2) is 27.4 Å². The summed E-state index contributed by atoms with van der Waals surface area (Å²) in [5, 5.41) is 15.0. The molecule has 99 heavy (non-hydrogen) atoms. The van der Waals surface area contributed by atoms with E-state index in [1.54, 1.807) is 26.2 Å². The number of fused-ring (bicyclic) bond motifs is 1. The smallest absolute Gasteiger partial charge is 0.340 e. The Morgan fingerprint density at radius 2 is 0.657 bits per heavy atom. The number of benzene rings is 1. The lowest BCUT2D eigenvalue weighted by molar-refractivity contribution is -0.138. The molecule has 0 spiro atoms. The number of anilines is 1. The number of nitrogen functional groups attached to an aromatic ring is 1. The third-order valence-corrected chi connectivity index (χ3v) is 13.1. The number of aliphatic carboxylic acids is 1. The fourth-order valence-electron chi connectivity index (χ4n) is 8.01. The van der Waals surface area contributed by atoms with Crippen LogP contribution in [0, 0.1) is 6.92 Å². The molecule has 0 saturated carbocycles. The van der Waals surface area contributed by atoms with Crippen molar-refractivity contribution in [1.82, 2.24) is 10.6 Å². The SMILES string of the molecule is COCCOCCOCCOCCOCCOCCOCCOCCOCCOCCOCCOCCOCCOCCOCCOCCOCCOCCOCCOCCOCCOCCOCCOCCNC(=O)C(CCC(=O)O)NC(=O)Cc1c(C)c2ccc(N)cc2oc1=O. The molecule has 5 N–H and O–H groups in total. The summed E-state index contributed by atoms with van der Waals surface area (Å²) in [7, 11) is 1.64. The minimum atomic E-state index is -1.15. The van der Waals surface area contributed by atoms with Gasteiger partial charge in [0.25, 0.3) is 0 Å². The normalized spacial score (nSPS) is 11.9. The molecule has 1 aromatic heterocycles. The average molecular weight is 1430 g/mol. The molecular weight excluding hydrogens is 1310 g/mol. The maximum atomic E-state index is 12.9. The van der Waals surface area contributed by atoms with Crippen LogP contribution in [0.2, 0.25) is 0 Å². The summed E-state index contributed by atoms with van der Waals surface area (Å²) in [6.45, 7) is 23.3. The quantitative estimate of drug-likeness (QED) is 0.0403. The van der Waals surface area contributed by atoms with E-state index in [4.69, 9.17) is 124 Å². The number of rotatable bonds is 79. The summed E-state index contributed by atoms with van der Waals surface area (Å²) in [6.07, 6.45) is -0.879. The van der Waals surface area contributed by atoms with Gasteiger partial charge in [-0.25, -0.2) is 4.79 Å². The Balaban J connectivity index is 1.17. The van der Waals surface area contributed by atoms with Gasteiger partial charge >= 0.3 is 11.6 Å². The number of carboxylic acid groups (broad SMARTS) is 1. The molecule has 33 heteroatoms. The molecule has 0 saturated heterocycles. The lowest BCUT2D eigenvalue weighted by Crippen LogP contribution is -2.48. The predicted octanol–water partition coefficient (Wildman–Crippen LogP) is 0.720. The second kappa shape index (κ2) is 70.7.